The highest BCUT2D eigenvalue weighted by atomic mass is 16.5. The smallest absolute Gasteiger partial charge is 0.412 e. The Morgan fingerprint density at radius 1 is 1.21 bits per heavy atom. The topological polar surface area (TPSA) is 95.3 Å². The van der Waals surface area contributed by atoms with Gasteiger partial charge in [-0.2, -0.15) is 0 Å². The van der Waals surface area contributed by atoms with E-state index in [-0.39, 0.29) is 26.5 Å². The van der Waals surface area contributed by atoms with E-state index in [2.05, 4.69) is 15.6 Å². The third-order valence-electron chi connectivity index (χ3n) is 3.05. The van der Waals surface area contributed by atoms with E-state index >= 15 is 0 Å². The highest BCUT2D eigenvalue weighted by Crippen LogP contribution is 2.12. The fraction of sp³-hybridized carbons (Fsp3) is 0.375. The van der Waals surface area contributed by atoms with Crippen molar-refractivity contribution in [2.75, 3.05) is 5.32 Å². The molecule has 2 rings (SSSR count). The molecule has 1 heterocycles. The van der Waals surface area contributed by atoms with Crippen molar-refractivity contribution in [3.63, 3.8) is 0 Å². The number of rotatable bonds is 6. The predicted molar refractivity (Wildman–Crippen MR) is 88.0 cm³/mol. The zero-order valence-electron chi connectivity index (χ0n) is 13.9. The Kier molecular flexibility index (Phi) is 5.89. The van der Waals surface area contributed by atoms with Gasteiger partial charge >= 0.3 is 12.1 Å². The number of esters is 1. The molecule has 130 valence electrons. The average molecular weight is 334 g/mol. The van der Waals surface area contributed by atoms with Gasteiger partial charge in [-0.1, -0.05) is 31.2 Å². The fourth-order valence-electron chi connectivity index (χ4n) is 1.76. The van der Waals surface area contributed by atoms with Crippen molar-refractivity contribution in [2.24, 2.45) is 13.0 Å². The molecule has 0 spiro atoms. The monoisotopic (exact) mass is 334 g/mol. The molecule has 1 amide bonds. The Labute approximate surface area is 141 Å². The van der Waals surface area contributed by atoms with E-state index in [1.165, 1.54) is 4.68 Å². The molecular weight excluding hydrogens is 312 g/mol. The second kappa shape index (κ2) is 8.09. The van der Waals surface area contributed by atoms with Crippen molar-refractivity contribution in [3.05, 3.63) is 41.7 Å². The zero-order valence-corrected chi connectivity index (χ0v) is 13.9. The van der Waals surface area contributed by atoms with Crippen LogP contribution < -0.4 is 5.32 Å². The van der Waals surface area contributed by atoms with Gasteiger partial charge in [0.15, 0.2) is 0 Å². The van der Waals surface area contributed by atoms with Crippen LogP contribution in [-0.4, -0.2) is 27.1 Å². The highest BCUT2D eigenvalue weighted by Gasteiger charge is 2.09. The van der Waals surface area contributed by atoms with E-state index in [1.54, 1.807) is 51.4 Å². The van der Waals surface area contributed by atoms with Gasteiger partial charge in [0, 0.05) is 14.2 Å². The van der Waals surface area contributed by atoms with Crippen molar-refractivity contribution < 1.29 is 20.5 Å². The standard InChI is InChI=1S/C16H20N4O4.H2/c1-11(2)15(21)23-9-12-4-6-13(7-5-12)17-16(22)24-10-14-8-20(3)19-18-14;/h4-8,11H,9-10H2,1-3H3,(H,17,22);1H. The Morgan fingerprint density at radius 3 is 2.50 bits per heavy atom. The summed E-state index contributed by atoms with van der Waals surface area (Å²) in [4.78, 5) is 23.1. The second-order valence-corrected chi connectivity index (χ2v) is 5.54. The van der Waals surface area contributed by atoms with Crippen LogP contribution in [0.1, 0.15) is 26.5 Å². The molecular formula is C16H22N4O4. The van der Waals surface area contributed by atoms with Gasteiger partial charge in [-0.25, -0.2) is 4.79 Å². The first-order valence-corrected chi connectivity index (χ1v) is 7.48. The molecule has 8 nitrogen and oxygen atoms in total. The number of amides is 1. The number of carbonyl (C=O) groups is 2. The minimum atomic E-state index is -0.584. The summed E-state index contributed by atoms with van der Waals surface area (Å²) in [7, 11) is 1.73. The fourth-order valence-corrected chi connectivity index (χ4v) is 1.76. The number of nitrogens with zero attached hydrogens (tertiary/aromatic N) is 3. The van der Waals surface area contributed by atoms with Gasteiger partial charge in [0.1, 0.15) is 18.9 Å². The summed E-state index contributed by atoms with van der Waals surface area (Å²) < 4.78 is 11.7. The summed E-state index contributed by atoms with van der Waals surface area (Å²) >= 11 is 0. The first-order valence-electron chi connectivity index (χ1n) is 7.48. The molecule has 1 aromatic heterocycles. The van der Waals surface area contributed by atoms with Crippen LogP contribution in [0.5, 0.6) is 0 Å². The van der Waals surface area contributed by atoms with Gasteiger partial charge in [0.05, 0.1) is 12.1 Å². The van der Waals surface area contributed by atoms with Crippen molar-refractivity contribution in [1.29, 1.82) is 0 Å². The Bertz CT molecular complexity index is 700. The van der Waals surface area contributed by atoms with Crippen molar-refractivity contribution in [1.82, 2.24) is 15.0 Å². The van der Waals surface area contributed by atoms with E-state index in [4.69, 9.17) is 9.47 Å². The molecule has 0 unspecified atom stereocenters. The van der Waals surface area contributed by atoms with E-state index in [0.29, 0.717) is 11.4 Å². The third-order valence-corrected chi connectivity index (χ3v) is 3.05. The highest BCUT2D eigenvalue weighted by molar-refractivity contribution is 5.84. The first-order chi connectivity index (χ1) is 11.4. The molecule has 0 atom stereocenters. The van der Waals surface area contributed by atoms with Gasteiger partial charge in [-0.3, -0.25) is 14.8 Å². The van der Waals surface area contributed by atoms with Crippen LogP contribution >= 0.6 is 0 Å². The minimum Gasteiger partial charge on any atom is -0.461 e. The molecule has 0 aliphatic rings. The molecule has 0 saturated heterocycles. The van der Waals surface area contributed by atoms with E-state index in [1.807, 2.05) is 0 Å². The molecule has 8 heteroatoms. The minimum absolute atomic E-state index is 0. The van der Waals surface area contributed by atoms with Crippen molar-refractivity contribution in [2.45, 2.75) is 27.1 Å². The average Bonchev–Trinajstić information content (AvgIpc) is 2.97. The lowest BCUT2D eigenvalue weighted by molar-refractivity contribution is -0.148. The number of hydrogen-bond acceptors (Lipinski definition) is 6. The summed E-state index contributed by atoms with van der Waals surface area (Å²) in [6, 6.07) is 6.96. The summed E-state index contributed by atoms with van der Waals surface area (Å²) in [5.74, 6) is -0.403. The molecule has 0 bridgehead atoms. The molecule has 0 aliphatic heterocycles. The lowest BCUT2D eigenvalue weighted by atomic mass is 10.2. The number of aromatic nitrogens is 3. The maximum atomic E-state index is 11.7. The molecule has 0 radical (unpaired) electrons. The first kappa shape index (κ1) is 17.5. The molecule has 24 heavy (non-hydrogen) atoms. The molecule has 0 fully saturated rings. The van der Waals surface area contributed by atoms with Gasteiger partial charge in [-0.05, 0) is 17.7 Å². The normalized spacial score (nSPS) is 10.5. The number of carbonyl (C=O) groups excluding carboxylic acids is 2. The zero-order chi connectivity index (χ0) is 17.5. The molecule has 2 aromatic rings. The van der Waals surface area contributed by atoms with Crippen molar-refractivity contribution >= 4 is 17.7 Å². The lowest BCUT2D eigenvalue weighted by Gasteiger charge is -2.09. The Balaban J connectivity index is 0.00000312. The number of hydrogen-bond donors (Lipinski definition) is 1. The largest absolute Gasteiger partial charge is 0.461 e. The number of ether oxygens (including phenoxy) is 2. The number of nitrogens with one attached hydrogen (secondary N) is 1. The Hall–Kier alpha value is -2.90. The molecule has 0 aliphatic carbocycles. The summed E-state index contributed by atoms with van der Waals surface area (Å²) in [5.41, 5.74) is 1.98. The van der Waals surface area contributed by atoms with Gasteiger partial charge < -0.3 is 9.47 Å². The quantitative estimate of drug-likeness (QED) is 0.816. The second-order valence-electron chi connectivity index (χ2n) is 5.54. The van der Waals surface area contributed by atoms with Crippen LogP contribution in [0.15, 0.2) is 30.5 Å². The lowest BCUT2D eigenvalue weighted by Crippen LogP contribution is -2.14. The summed E-state index contributed by atoms with van der Waals surface area (Å²) in [5, 5.41) is 10.2. The third kappa shape index (κ3) is 5.38. The molecule has 0 saturated carbocycles. The number of benzene rings is 1. The summed E-state index contributed by atoms with van der Waals surface area (Å²) in [6.45, 7) is 3.81. The van der Waals surface area contributed by atoms with Crippen LogP contribution in [0.25, 0.3) is 0 Å². The SMILES string of the molecule is CC(C)C(=O)OCc1ccc(NC(=O)OCc2cn(C)nn2)cc1.[HH]. The van der Waals surface area contributed by atoms with E-state index in [0.717, 1.165) is 5.56 Å². The Morgan fingerprint density at radius 2 is 1.92 bits per heavy atom. The summed E-state index contributed by atoms with van der Waals surface area (Å²) in [6.07, 6.45) is 1.08. The van der Waals surface area contributed by atoms with Crippen LogP contribution in [0.3, 0.4) is 0 Å². The molecule has 1 aromatic carbocycles. The van der Waals surface area contributed by atoms with E-state index < -0.39 is 6.09 Å². The van der Waals surface area contributed by atoms with Crippen LogP contribution in [0, 0.1) is 5.92 Å². The van der Waals surface area contributed by atoms with E-state index in [9.17, 15) is 9.59 Å². The number of anilines is 1. The van der Waals surface area contributed by atoms with Crippen LogP contribution in [-0.2, 0) is 34.5 Å². The van der Waals surface area contributed by atoms with Crippen molar-refractivity contribution in [3.8, 4) is 0 Å². The maximum absolute atomic E-state index is 11.7. The molecule has 1 N–H and O–H groups in total. The maximum Gasteiger partial charge on any atom is 0.412 e. The van der Waals surface area contributed by atoms with Crippen LogP contribution in [0.2, 0.25) is 0 Å². The van der Waals surface area contributed by atoms with Gasteiger partial charge in [0.25, 0.3) is 0 Å². The number of aryl methyl sites for hydroxylation is 1. The van der Waals surface area contributed by atoms with Gasteiger partial charge in [0.2, 0.25) is 0 Å². The van der Waals surface area contributed by atoms with Gasteiger partial charge in [-0.15, -0.1) is 5.10 Å². The predicted octanol–water partition coefficient (Wildman–Crippen LogP) is 2.51. The van der Waals surface area contributed by atoms with Crippen LogP contribution in [0.4, 0.5) is 10.5 Å².